The van der Waals surface area contributed by atoms with E-state index in [1.165, 1.54) is 0 Å². The highest BCUT2D eigenvalue weighted by Gasteiger charge is 2.26. The summed E-state index contributed by atoms with van der Waals surface area (Å²) in [5.41, 5.74) is 5.34. The number of aromatic nitrogens is 3. The van der Waals surface area contributed by atoms with Crippen molar-refractivity contribution in [2.75, 3.05) is 17.6 Å². The number of aliphatic hydroxyl groups is 1. The van der Waals surface area contributed by atoms with E-state index in [9.17, 15) is 0 Å². The van der Waals surface area contributed by atoms with Gasteiger partial charge in [0.15, 0.2) is 0 Å². The van der Waals surface area contributed by atoms with Crippen molar-refractivity contribution >= 4 is 11.9 Å². The Bertz CT molecular complexity index is 280. The molecule has 0 bridgehead atoms. The van der Waals surface area contributed by atoms with E-state index in [0.29, 0.717) is 17.8 Å². The number of nitrogen functional groups attached to an aromatic ring is 1. The first kappa shape index (κ1) is 8.31. The number of aromatic amines is 1. The molecular formula is C7H13N5O. The first-order valence-electron chi connectivity index (χ1n) is 4.34. The molecular weight excluding hydrogens is 170 g/mol. The molecule has 0 saturated heterocycles. The van der Waals surface area contributed by atoms with Crippen LogP contribution < -0.4 is 11.1 Å². The van der Waals surface area contributed by atoms with Crippen LogP contribution in [-0.4, -0.2) is 32.9 Å². The van der Waals surface area contributed by atoms with Crippen molar-refractivity contribution in [3.8, 4) is 0 Å². The van der Waals surface area contributed by atoms with Crippen LogP contribution in [0.25, 0.3) is 0 Å². The summed E-state index contributed by atoms with van der Waals surface area (Å²) in [6.45, 7) is 0.800. The Balaban J connectivity index is 1.74. The monoisotopic (exact) mass is 183 g/mol. The van der Waals surface area contributed by atoms with Crippen molar-refractivity contribution in [2.24, 2.45) is 5.92 Å². The van der Waals surface area contributed by atoms with Gasteiger partial charge in [0, 0.05) is 6.54 Å². The minimum absolute atomic E-state index is 0.107. The third-order valence-electron chi connectivity index (χ3n) is 2.26. The lowest BCUT2D eigenvalue weighted by Gasteiger charge is -2.31. The first-order chi connectivity index (χ1) is 6.24. The molecule has 1 aromatic rings. The van der Waals surface area contributed by atoms with Crippen LogP contribution in [0.15, 0.2) is 0 Å². The molecule has 1 aliphatic rings. The first-order valence-corrected chi connectivity index (χ1v) is 4.34. The van der Waals surface area contributed by atoms with Gasteiger partial charge in [-0.2, -0.15) is 4.98 Å². The van der Waals surface area contributed by atoms with Crippen LogP contribution in [0.3, 0.4) is 0 Å². The molecule has 0 unspecified atom stereocenters. The lowest BCUT2D eigenvalue weighted by Crippen LogP contribution is -2.33. The molecule has 0 spiro atoms. The van der Waals surface area contributed by atoms with Crippen molar-refractivity contribution in [1.29, 1.82) is 0 Å². The maximum atomic E-state index is 9.03. The number of rotatable bonds is 3. The van der Waals surface area contributed by atoms with Crippen LogP contribution in [-0.2, 0) is 0 Å². The summed E-state index contributed by atoms with van der Waals surface area (Å²) in [5.74, 6) is 1.38. The van der Waals surface area contributed by atoms with Crippen LogP contribution in [0.2, 0.25) is 0 Å². The van der Waals surface area contributed by atoms with E-state index in [0.717, 1.165) is 19.4 Å². The topological polar surface area (TPSA) is 99.8 Å². The molecule has 0 atom stereocenters. The Morgan fingerprint density at radius 3 is 2.92 bits per heavy atom. The molecule has 72 valence electrons. The number of anilines is 2. The Hall–Kier alpha value is -1.30. The van der Waals surface area contributed by atoms with Crippen LogP contribution in [0.1, 0.15) is 12.8 Å². The van der Waals surface area contributed by atoms with Gasteiger partial charge in [0.1, 0.15) is 0 Å². The van der Waals surface area contributed by atoms with Crippen LogP contribution in [0.4, 0.5) is 11.9 Å². The summed E-state index contributed by atoms with van der Waals surface area (Å²) < 4.78 is 0. The normalized spacial score (nSPS) is 26.8. The number of nitrogens with zero attached hydrogens (tertiary/aromatic N) is 2. The third kappa shape index (κ3) is 1.89. The molecule has 0 aromatic carbocycles. The van der Waals surface area contributed by atoms with E-state index in [1.807, 2.05) is 0 Å². The SMILES string of the molecule is Nc1nc(NCC2CC(O)C2)n[nH]1. The molecule has 0 aliphatic heterocycles. The van der Waals surface area contributed by atoms with Crippen LogP contribution in [0.5, 0.6) is 0 Å². The van der Waals surface area contributed by atoms with E-state index in [-0.39, 0.29) is 6.10 Å². The zero-order valence-electron chi connectivity index (χ0n) is 7.20. The number of hydrogen-bond acceptors (Lipinski definition) is 5. The van der Waals surface area contributed by atoms with Gasteiger partial charge in [-0.05, 0) is 18.8 Å². The minimum Gasteiger partial charge on any atom is -0.393 e. The average molecular weight is 183 g/mol. The molecule has 13 heavy (non-hydrogen) atoms. The molecule has 6 heteroatoms. The molecule has 1 saturated carbocycles. The van der Waals surface area contributed by atoms with Gasteiger partial charge in [-0.15, -0.1) is 5.10 Å². The average Bonchev–Trinajstić information content (AvgIpc) is 2.43. The summed E-state index contributed by atoms with van der Waals surface area (Å²) in [5, 5.41) is 18.5. The van der Waals surface area contributed by atoms with Crippen molar-refractivity contribution in [1.82, 2.24) is 15.2 Å². The Morgan fingerprint density at radius 1 is 1.62 bits per heavy atom. The molecule has 2 rings (SSSR count). The highest BCUT2D eigenvalue weighted by molar-refractivity contribution is 5.29. The summed E-state index contributed by atoms with van der Waals surface area (Å²) >= 11 is 0. The maximum Gasteiger partial charge on any atom is 0.243 e. The van der Waals surface area contributed by atoms with E-state index >= 15 is 0 Å². The van der Waals surface area contributed by atoms with E-state index in [4.69, 9.17) is 10.8 Å². The second kappa shape index (κ2) is 3.21. The molecule has 6 nitrogen and oxygen atoms in total. The van der Waals surface area contributed by atoms with Crippen molar-refractivity contribution in [3.05, 3.63) is 0 Å². The summed E-state index contributed by atoms with van der Waals surface area (Å²) in [6.07, 6.45) is 1.63. The minimum atomic E-state index is -0.107. The molecule has 0 radical (unpaired) electrons. The molecule has 1 fully saturated rings. The fourth-order valence-corrected chi connectivity index (χ4v) is 1.46. The van der Waals surface area contributed by atoms with Gasteiger partial charge in [0.25, 0.3) is 0 Å². The van der Waals surface area contributed by atoms with Crippen molar-refractivity contribution < 1.29 is 5.11 Å². The highest BCUT2D eigenvalue weighted by atomic mass is 16.3. The van der Waals surface area contributed by atoms with Gasteiger partial charge in [-0.25, -0.2) is 5.10 Å². The second-order valence-corrected chi connectivity index (χ2v) is 3.42. The third-order valence-corrected chi connectivity index (χ3v) is 2.26. The summed E-state index contributed by atoms with van der Waals surface area (Å²) in [7, 11) is 0. The maximum absolute atomic E-state index is 9.03. The van der Waals surface area contributed by atoms with Crippen LogP contribution in [0, 0.1) is 5.92 Å². The van der Waals surface area contributed by atoms with E-state index in [2.05, 4.69) is 20.5 Å². The molecule has 0 amide bonds. The van der Waals surface area contributed by atoms with Crippen LogP contribution >= 0.6 is 0 Å². The lowest BCUT2D eigenvalue weighted by atomic mass is 9.82. The second-order valence-electron chi connectivity index (χ2n) is 3.42. The molecule has 1 aliphatic carbocycles. The number of nitrogens with two attached hydrogens (primary N) is 1. The zero-order valence-corrected chi connectivity index (χ0v) is 7.20. The number of hydrogen-bond donors (Lipinski definition) is 4. The molecule has 5 N–H and O–H groups in total. The van der Waals surface area contributed by atoms with Gasteiger partial charge in [0.05, 0.1) is 6.10 Å². The van der Waals surface area contributed by atoms with Crippen molar-refractivity contribution in [3.63, 3.8) is 0 Å². The summed E-state index contributed by atoms with van der Waals surface area (Å²) in [6, 6.07) is 0. The molecule has 1 heterocycles. The lowest BCUT2D eigenvalue weighted by molar-refractivity contribution is 0.0486. The van der Waals surface area contributed by atoms with Gasteiger partial charge < -0.3 is 16.2 Å². The van der Waals surface area contributed by atoms with Gasteiger partial charge in [-0.3, -0.25) is 0 Å². The van der Waals surface area contributed by atoms with E-state index < -0.39 is 0 Å². The number of aliphatic hydroxyl groups excluding tert-OH is 1. The Kier molecular flexibility index (Phi) is 2.05. The largest absolute Gasteiger partial charge is 0.393 e. The molecule has 1 aromatic heterocycles. The smallest absolute Gasteiger partial charge is 0.243 e. The quantitative estimate of drug-likeness (QED) is 0.509. The predicted molar refractivity (Wildman–Crippen MR) is 48.0 cm³/mol. The predicted octanol–water partition coefficient (Wildman–Crippen LogP) is -0.430. The Morgan fingerprint density at radius 2 is 2.38 bits per heavy atom. The number of nitrogens with one attached hydrogen (secondary N) is 2. The fourth-order valence-electron chi connectivity index (χ4n) is 1.46. The fraction of sp³-hybridized carbons (Fsp3) is 0.714. The standard InChI is InChI=1S/C7H13N5O/c8-6-10-7(12-11-6)9-3-4-1-5(13)2-4/h4-5,13H,1-3H2,(H4,8,9,10,11,12). The highest BCUT2D eigenvalue weighted by Crippen LogP contribution is 2.26. The van der Waals surface area contributed by atoms with E-state index in [1.54, 1.807) is 0 Å². The zero-order chi connectivity index (χ0) is 9.26. The summed E-state index contributed by atoms with van der Waals surface area (Å²) in [4.78, 5) is 3.90. The number of H-pyrrole nitrogens is 1. The van der Waals surface area contributed by atoms with Gasteiger partial charge >= 0.3 is 0 Å². The van der Waals surface area contributed by atoms with Gasteiger partial charge in [0.2, 0.25) is 11.9 Å². The Labute approximate surface area is 75.6 Å². The van der Waals surface area contributed by atoms with Gasteiger partial charge in [-0.1, -0.05) is 0 Å². The van der Waals surface area contributed by atoms with Crippen molar-refractivity contribution in [2.45, 2.75) is 18.9 Å².